The minimum atomic E-state index is -3.86. The Kier molecular flexibility index (Phi) is 7.40. The molecule has 47 heavy (non-hydrogen) atoms. The zero-order valence-corrected chi connectivity index (χ0v) is 27.3. The van der Waals surface area contributed by atoms with Crippen LogP contribution in [0.2, 0.25) is 0 Å². The number of imidazole rings is 1. The number of sulfonamides is 1. The maximum absolute atomic E-state index is 13.9. The van der Waals surface area contributed by atoms with Gasteiger partial charge in [-0.2, -0.15) is 0 Å². The lowest BCUT2D eigenvalue weighted by Gasteiger charge is -2.19. The largest absolute Gasteiger partial charge is 0.349 e. The molecule has 3 aliphatic rings. The molecule has 242 valence electrons. The van der Waals surface area contributed by atoms with Crippen LogP contribution in [0.15, 0.2) is 77.8 Å². The van der Waals surface area contributed by atoms with E-state index in [4.69, 9.17) is 9.97 Å². The molecule has 11 heteroatoms. The van der Waals surface area contributed by atoms with Gasteiger partial charge >= 0.3 is 6.03 Å². The summed E-state index contributed by atoms with van der Waals surface area (Å²) < 4.78 is 30.6. The Labute approximate surface area is 274 Å². The molecule has 2 heterocycles. The van der Waals surface area contributed by atoms with E-state index in [9.17, 15) is 13.2 Å². The van der Waals surface area contributed by atoms with E-state index in [0.29, 0.717) is 36.1 Å². The van der Waals surface area contributed by atoms with E-state index in [1.807, 2.05) is 68.6 Å². The number of para-hydroxylation sites is 2. The lowest BCUT2D eigenvalue weighted by Crippen LogP contribution is -2.39. The average molecular weight is 650 g/mol. The van der Waals surface area contributed by atoms with Gasteiger partial charge in [-0.3, -0.25) is 4.98 Å². The molecular weight excluding hydrogens is 611 g/mol. The van der Waals surface area contributed by atoms with Crippen LogP contribution in [0.3, 0.4) is 0 Å². The van der Waals surface area contributed by atoms with Gasteiger partial charge in [0.2, 0.25) is 16.0 Å². The lowest BCUT2D eigenvalue weighted by molar-refractivity contribution is 0.236. The zero-order valence-electron chi connectivity index (χ0n) is 26.5. The summed E-state index contributed by atoms with van der Waals surface area (Å²) in [5, 5.41) is 11.4. The first-order valence-electron chi connectivity index (χ1n) is 16.5. The van der Waals surface area contributed by atoms with Gasteiger partial charge in [0, 0.05) is 47.1 Å². The van der Waals surface area contributed by atoms with Crippen molar-refractivity contribution in [3.05, 3.63) is 95.3 Å². The number of fused-ring (bicyclic) bond motifs is 4. The number of carbonyl (C=O) groups excluding carboxylic acids is 1. The number of urea groups is 1. The monoisotopic (exact) mass is 649 g/mol. The lowest BCUT2D eigenvalue weighted by atomic mass is 9.98. The first kappa shape index (κ1) is 29.9. The molecule has 3 aromatic carbocycles. The van der Waals surface area contributed by atoms with Gasteiger partial charge in [-0.15, -0.1) is 0 Å². The smallest absolute Gasteiger partial charge is 0.315 e. The highest BCUT2D eigenvalue weighted by Crippen LogP contribution is 2.48. The van der Waals surface area contributed by atoms with Gasteiger partial charge in [0.1, 0.15) is 0 Å². The maximum Gasteiger partial charge on any atom is 0.315 e. The number of rotatable bonds is 10. The summed E-state index contributed by atoms with van der Waals surface area (Å²) in [5.74, 6) is 1.41. The van der Waals surface area contributed by atoms with Gasteiger partial charge in [0.15, 0.2) is 0 Å². The van der Waals surface area contributed by atoms with Gasteiger partial charge in [0.05, 0.1) is 28.0 Å². The molecule has 0 bridgehead atoms. The van der Waals surface area contributed by atoms with E-state index in [2.05, 4.69) is 37.8 Å². The molecular formula is C36H39N7O3S. The van der Waals surface area contributed by atoms with Crippen molar-refractivity contribution in [3.8, 4) is 0 Å². The Balaban J connectivity index is 1.17. The van der Waals surface area contributed by atoms with Crippen LogP contribution in [0.5, 0.6) is 0 Å². The van der Waals surface area contributed by atoms with Crippen LogP contribution in [0.4, 0.5) is 10.7 Å². The molecule has 0 aliphatic heterocycles. The fraction of sp³-hybridized carbons (Fsp3) is 0.361. The number of nitrogens with one attached hydrogen (secondary N) is 5. The number of nitrogens with zero attached hydrogens (tertiary/aromatic N) is 2. The second-order valence-corrected chi connectivity index (χ2v) is 15.4. The minimum Gasteiger partial charge on any atom is -0.349 e. The Morgan fingerprint density at radius 1 is 0.957 bits per heavy atom. The topological polar surface area (TPSA) is 141 Å². The molecule has 2 unspecified atom stereocenters. The van der Waals surface area contributed by atoms with Crippen molar-refractivity contribution < 1.29 is 13.2 Å². The van der Waals surface area contributed by atoms with E-state index in [0.717, 1.165) is 52.5 Å². The van der Waals surface area contributed by atoms with Crippen molar-refractivity contribution in [2.75, 3.05) is 11.9 Å². The molecule has 3 aliphatic carbocycles. The number of H-pyrrole nitrogens is 1. The highest BCUT2D eigenvalue weighted by molar-refractivity contribution is 7.89. The quantitative estimate of drug-likeness (QED) is 0.119. The number of hydrogen-bond acceptors (Lipinski definition) is 6. The highest BCUT2D eigenvalue weighted by atomic mass is 32.2. The summed E-state index contributed by atoms with van der Waals surface area (Å²) >= 11 is 0. The number of pyridine rings is 1. The third kappa shape index (κ3) is 5.94. The predicted molar refractivity (Wildman–Crippen MR) is 183 cm³/mol. The Bertz CT molecular complexity index is 2060. The molecule has 5 N–H and O–H groups in total. The van der Waals surface area contributed by atoms with Gasteiger partial charge < -0.3 is 20.9 Å². The van der Waals surface area contributed by atoms with E-state index >= 15 is 0 Å². The molecule has 2 aromatic heterocycles. The van der Waals surface area contributed by atoms with Crippen molar-refractivity contribution in [2.45, 2.75) is 74.4 Å². The van der Waals surface area contributed by atoms with Crippen molar-refractivity contribution in [1.29, 1.82) is 0 Å². The van der Waals surface area contributed by atoms with Crippen LogP contribution in [-0.2, 0) is 10.0 Å². The van der Waals surface area contributed by atoms with E-state index < -0.39 is 16.1 Å². The van der Waals surface area contributed by atoms with Crippen LogP contribution >= 0.6 is 0 Å². The van der Waals surface area contributed by atoms with Gasteiger partial charge in [-0.05, 0) is 72.6 Å². The third-order valence-electron chi connectivity index (χ3n) is 9.58. The van der Waals surface area contributed by atoms with Crippen LogP contribution < -0.4 is 20.7 Å². The first-order chi connectivity index (χ1) is 22.7. The maximum atomic E-state index is 13.9. The molecule has 0 saturated heterocycles. The number of carbonyl (C=O) groups is 1. The summed E-state index contributed by atoms with van der Waals surface area (Å²) in [5.41, 5.74) is 5.59. The highest BCUT2D eigenvalue weighted by Gasteiger charge is 2.41. The predicted octanol–water partition coefficient (Wildman–Crippen LogP) is 6.38. The number of aromatic amines is 1. The second kappa shape index (κ2) is 11.6. The SMILES string of the molecule is CC(C)CNS(=O)(=O)c1cc2c(c3cnc(C4CC4)cc13)[C@H](Nc1nc3ccccc3[nH]1)C[C@H]2NC(=O)NC1CC1c1ccccc1. The Morgan fingerprint density at radius 3 is 2.51 bits per heavy atom. The fourth-order valence-corrected chi connectivity index (χ4v) is 8.37. The van der Waals surface area contributed by atoms with Crippen LogP contribution in [0, 0.1) is 5.92 Å². The molecule has 2 amide bonds. The van der Waals surface area contributed by atoms with E-state index in [1.165, 1.54) is 5.56 Å². The third-order valence-corrected chi connectivity index (χ3v) is 11.0. The molecule has 5 aromatic rings. The second-order valence-electron chi connectivity index (χ2n) is 13.6. The van der Waals surface area contributed by atoms with Gasteiger partial charge in [-0.1, -0.05) is 56.3 Å². The zero-order chi connectivity index (χ0) is 32.3. The summed E-state index contributed by atoms with van der Waals surface area (Å²) in [4.78, 5) is 26.6. The summed E-state index contributed by atoms with van der Waals surface area (Å²) in [7, 11) is -3.86. The van der Waals surface area contributed by atoms with Crippen molar-refractivity contribution in [2.24, 2.45) is 5.92 Å². The first-order valence-corrected chi connectivity index (χ1v) is 18.0. The van der Waals surface area contributed by atoms with Crippen LogP contribution in [0.1, 0.15) is 85.8 Å². The van der Waals surface area contributed by atoms with E-state index in [-0.39, 0.29) is 28.9 Å². The Hall–Kier alpha value is -4.48. The van der Waals surface area contributed by atoms with Crippen LogP contribution in [0.25, 0.3) is 21.8 Å². The number of aromatic nitrogens is 3. The number of anilines is 1. The molecule has 4 atom stereocenters. The molecule has 2 saturated carbocycles. The minimum absolute atomic E-state index is 0.0561. The summed E-state index contributed by atoms with van der Waals surface area (Å²) in [6.07, 6.45) is 5.34. The molecule has 8 rings (SSSR count). The molecule has 0 spiro atoms. The number of hydrogen-bond donors (Lipinski definition) is 5. The standard InChI is InChI=1S/C36H39N7O3S/c1-20(2)18-38-47(45,46)33-16-25-31(43-36(44)42-30-14-23(30)21-8-4-3-5-9-21)17-32(41-35-39-27-10-6-7-11-28(27)40-35)34(25)26-19-37-29(15-24(26)33)22-12-13-22/h3-11,15-16,19-20,22-23,30-32,38H,12-14,17-18H2,1-2H3,(H2,39,40,41)(H2,42,43,44)/t23?,30?,31-,32-/m1/s1. The van der Waals surface area contributed by atoms with Gasteiger partial charge in [-0.25, -0.2) is 22.9 Å². The van der Waals surface area contributed by atoms with Crippen LogP contribution in [-0.4, -0.2) is 42.0 Å². The van der Waals surface area contributed by atoms with Crippen molar-refractivity contribution in [1.82, 2.24) is 30.3 Å². The summed E-state index contributed by atoms with van der Waals surface area (Å²) in [6, 6.07) is 20.9. The van der Waals surface area contributed by atoms with E-state index in [1.54, 1.807) is 6.07 Å². The molecule has 0 radical (unpaired) electrons. The van der Waals surface area contributed by atoms with Crippen molar-refractivity contribution in [3.63, 3.8) is 0 Å². The normalized spacial score (nSPS) is 22.0. The molecule has 2 fully saturated rings. The Morgan fingerprint density at radius 2 is 1.74 bits per heavy atom. The molecule has 10 nitrogen and oxygen atoms in total. The fourth-order valence-electron chi connectivity index (χ4n) is 6.92. The van der Waals surface area contributed by atoms with Crippen molar-refractivity contribution >= 4 is 43.8 Å². The van der Waals surface area contributed by atoms with Gasteiger partial charge in [0.25, 0.3) is 0 Å². The number of benzene rings is 3. The number of amides is 2. The average Bonchev–Trinajstić information content (AvgIpc) is 3.98. The summed E-state index contributed by atoms with van der Waals surface area (Å²) in [6.45, 7) is 4.28.